The summed E-state index contributed by atoms with van der Waals surface area (Å²) in [5, 5.41) is 3.63. The maximum atomic E-state index is 11.4. The average Bonchev–Trinajstić information content (AvgIpc) is 2.81. The van der Waals surface area contributed by atoms with Crippen LogP contribution in [0.1, 0.15) is 11.4 Å². The summed E-state index contributed by atoms with van der Waals surface area (Å²) in [7, 11) is 0. The van der Waals surface area contributed by atoms with Crippen molar-refractivity contribution in [1.29, 1.82) is 0 Å². The Morgan fingerprint density at radius 2 is 1.84 bits per heavy atom. The van der Waals surface area contributed by atoms with Crippen molar-refractivity contribution in [2.75, 3.05) is 36.5 Å². The van der Waals surface area contributed by atoms with E-state index in [9.17, 15) is 4.79 Å². The lowest BCUT2D eigenvalue weighted by Crippen LogP contribution is -2.36. The van der Waals surface area contributed by atoms with Crippen LogP contribution < -0.4 is 10.2 Å². The van der Waals surface area contributed by atoms with Crippen molar-refractivity contribution in [3.63, 3.8) is 0 Å². The van der Waals surface area contributed by atoms with Gasteiger partial charge in [-0.25, -0.2) is 9.97 Å². The highest BCUT2D eigenvalue weighted by Gasteiger charge is 2.11. The second kappa shape index (κ2) is 10.2. The number of carbonyl (C=O) groups excluding carboxylic acids is 1. The standard InChI is InChI=1S/C24H24N4O2S/c1-2-23(29)26-19-5-9-21(10-6-19)31-24-11-12-25-22(27-24)17-18-3-7-20(8-4-18)28-13-15-30-16-14-28/h2-12H,1,13-17H2,(H,26,29). The molecular weight excluding hydrogens is 408 g/mol. The van der Waals surface area contributed by atoms with Crippen LogP contribution in [0.5, 0.6) is 0 Å². The molecule has 0 spiro atoms. The van der Waals surface area contributed by atoms with E-state index in [0.717, 1.165) is 47.7 Å². The fraction of sp³-hybridized carbons (Fsp3) is 0.208. The summed E-state index contributed by atoms with van der Waals surface area (Å²) in [5.41, 5.74) is 3.14. The Balaban J connectivity index is 1.38. The van der Waals surface area contributed by atoms with Crippen LogP contribution in [0.3, 0.4) is 0 Å². The monoisotopic (exact) mass is 432 g/mol. The lowest BCUT2D eigenvalue weighted by Gasteiger charge is -2.28. The Bertz CT molecular complexity index is 1030. The van der Waals surface area contributed by atoms with Crippen LogP contribution in [0, 0.1) is 0 Å². The number of benzene rings is 2. The number of ether oxygens (including phenoxy) is 1. The number of rotatable bonds is 7. The van der Waals surface area contributed by atoms with Crippen LogP contribution in [0.25, 0.3) is 0 Å². The molecule has 0 radical (unpaired) electrons. The van der Waals surface area contributed by atoms with E-state index in [1.54, 1.807) is 18.0 Å². The third-order valence-electron chi connectivity index (χ3n) is 4.88. The summed E-state index contributed by atoms with van der Waals surface area (Å²) in [4.78, 5) is 23.9. The molecule has 0 aliphatic carbocycles. The molecule has 31 heavy (non-hydrogen) atoms. The number of anilines is 2. The molecule has 1 aliphatic rings. The molecule has 1 aromatic heterocycles. The van der Waals surface area contributed by atoms with Gasteiger partial charge in [-0.15, -0.1) is 0 Å². The molecule has 1 amide bonds. The molecule has 4 rings (SSSR count). The minimum absolute atomic E-state index is 0.223. The fourth-order valence-electron chi connectivity index (χ4n) is 3.27. The molecule has 1 aliphatic heterocycles. The molecule has 3 aromatic rings. The summed E-state index contributed by atoms with van der Waals surface area (Å²) < 4.78 is 5.42. The predicted molar refractivity (Wildman–Crippen MR) is 124 cm³/mol. The van der Waals surface area contributed by atoms with Gasteiger partial charge in [0.2, 0.25) is 5.91 Å². The summed E-state index contributed by atoms with van der Waals surface area (Å²) in [6.07, 6.45) is 3.73. The van der Waals surface area contributed by atoms with Crippen LogP contribution >= 0.6 is 11.8 Å². The van der Waals surface area contributed by atoms with Gasteiger partial charge in [-0.2, -0.15) is 0 Å². The fourth-order valence-corrected chi connectivity index (χ4v) is 4.07. The zero-order valence-electron chi connectivity index (χ0n) is 17.2. The molecule has 7 heteroatoms. The highest BCUT2D eigenvalue weighted by Crippen LogP contribution is 2.27. The number of carbonyl (C=O) groups is 1. The minimum Gasteiger partial charge on any atom is -0.378 e. The van der Waals surface area contributed by atoms with Gasteiger partial charge in [0.05, 0.1) is 13.2 Å². The lowest BCUT2D eigenvalue weighted by molar-refractivity contribution is -0.111. The molecule has 158 valence electrons. The minimum atomic E-state index is -0.223. The normalized spacial score (nSPS) is 13.6. The lowest BCUT2D eigenvalue weighted by atomic mass is 10.1. The number of morpholine rings is 1. The number of hydrogen-bond acceptors (Lipinski definition) is 6. The number of aromatic nitrogens is 2. The first kappa shape index (κ1) is 21.1. The molecule has 1 N–H and O–H groups in total. The Morgan fingerprint density at radius 3 is 2.55 bits per heavy atom. The van der Waals surface area contributed by atoms with Gasteiger partial charge in [-0.1, -0.05) is 30.5 Å². The smallest absolute Gasteiger partial charge is 0.247 e. The Kier molecular flexibility index (Phi) is 6.96. The summed E-state index contributed by atoms with van der Waals surface area (Å²) in [6.45, 7) is 6.89. The van der Waals surface area contributed by atoms with E-state index in [-0.39, 0.29) is 5.91 Å². The maximum Gasteiger partial charge on any atom is 0.247 e. The molecule has 2 heterocycles. The zero-order valence-corrected chi connectivity index (χ0v) is 18.0. The predicted octanol–water partition coefficient (Wildman–Crippen LogP) is 4.18. The van der Waals surface area contributed by atoms with Crippen LogP contribution in [-0.4, -0.2) is 42.2 Å². The van der Waals surface area contributed by atoms with Gasteiger partial charge in [0.1, 0.15) is 10.9 Å². The first-order valence-corrected chi connectivity index (χ1v) is 11.0. The van der Waals surface area contributed by atoms with Crippen LogP contribution in [-0.2, 0) is 16.0 Å². The van der Waals surface area contributed by atoms with Crippen molar-refractivity contribution in [3.8, 4) is 0 Å². The van der Waals surface area contributed by atoms with Crippen LogP contribution in [0.2, 0.25) is 0 Å². The van der Waals surface area contributed by atoms with Gasteiger partial charge in [0, 0.05) is 42.0 Å². The van der Waals surface area contributed by atoms with E-state index in [2.05, 4.69) is 46.0 Å². The molecule has 0 atom stereocenters. The van der Waals surface area contributed by atoms with Crippen molar-refractivity contribution >= 4 is 29.0 Å². The molecule has 1 saturated heterocycles. The number of nitrogens with zero attached hydrogens (tertiary/aromatic N) is 3. The summed E-state index contributed by atoms with van der Waals surface area (Å²) in [5.74, 6) is 0.567. The van der Waals surface area contributed by atoms with Gasteiger partial charge < -0.3 is 15.0 Å². The third kappa shape index (κ3) is 5.93. The molecule has 2 aromatic carbocycles. The number of hydrogen-bond donors (Lipinski definition) is 1. The molecule has 0 saturated carbocycles. The second-order valence-electron chi connectivity index (χ2n) is 7.07. The molecule has 0 bridgehead atoms. The molecule has 6 nitrogen and oxygen atoms in total. The molecule has 1 fully saturated rings. The summed E-state index contributed by atoms with van der Waals surface area (Å²) in [6, 6.07) is 18.1. The Morgan fingerprint density at radius 1 is 1.10 bits per heavy atom. The van der Waals surface area contributed by atoms with Gasteiger partial charge in [0.15, 0.2) is 0 Å². The largest absolute Gasteiger partial charge is 0.378 e. The first-order chi connectivity index (χ1) is 15.2. The van der Waals surface area contributed by atoms with E-state index >= 15 is 0 Å². The third-order valence-corrected chi connectivity index (χ3v) is 5.83. The van der Waals surface area contributed by atoms with E-state index in [4.69, 9.17) is 9.72 Å². The average molecular weight is 433 g/mol. The zero-order chi connectivity index (χ0) is 21.5. The van der Waals surface area contributed by atoms with E-state index in [0.29, 0.717) is 6.42 Å². The second-order valence-corrected chi connectivity index (χ2v) is 8.17. The van der Waals surface area contributed by atoms with Crippen molar-refractivity contribution in [2.24, 2.45) is 0 Å². The highest BCUT2D eigenvalue weighted by molar-refractivity contribution is 7.99. The maximum absolute atomic E-state index is 11.4. The van der Waals surface area contributed by atoms with Gasteiger partial charge >= 0.3 is 0 Å². The van der Waals surface area contributed by atoms with E-state index in [1.807, 2.05) is 30.3 Å². The van der Waals surface area contributed by atoms with Gasteiger partial charge in [-0.05, 0) is 54.1 Å². The van der Waals surface area contributed by atoms with E-state index in [1.165, 1.54) is 17.3 Å². The van der Waals surface area contributed by atoms with E-state index < -0.39 is 0 Å². The van der Waals surface area contributed by atoms with Crippen LogP contribution in [0.4, 0.5) is 11.4 Å². The Hall–Kier alpha value is -3.16. The van der Waals surface area contributed by atoms with Gasteiger partial charge in [0.25, 0.3) is 0 Å². The van der Waals surface area contributed by atoms with Gasteiger partial charge in [-0.3, -0.25) is 4.79 Å². The van der Waals surface area contributed by atoms with Crippen molar-refractivity contribution in [2.45, 2.75) is 16.3 Å². The van der Waals surface area contributed by atoms with Crippen molar-refractivity contribution < 1.29 is 9.53 Å². The highest BCUT2D eigenvalue weighted by atomic mass is 32.2. The summed E-state index contributed by atoms with van der Waals surface area (Å²) >= 11 is 1.56. The topological polar surface area (TPSA) is 67.4 Å². The SMILES string of the molecule is C=CC(=O)Nc1ccc(Sc2ccnc(Cc3ccc(N4CCOCC4)cc3)n2)cc1. The first-order valence-electron chi connectivity index (χ1n) is 10.1. The molecule has 0 unspecified atom stereocenters. The van der Waals surface area contributed by atoms with Crippen LogP contribution in [0.15, 0.2) is 83.4 Å². The quantitative estimate of drug-likeness (QED) is 0.446. The van der Waals surface area contributed by atoms with Crippen molar-refractivity contribution in [3.05, 3.63) is 84.8 Å². The number of amides is 1. The molecular formula is C24H24N4O2S. The van der Waals surface area contributed by atoms with Crippen molar-refractivity contribution in [1.82, 2.24) is 9.97 Å². The number of nitrogens with one attached hydrogen (secondary N) is 1. The Labute approximate surface area is 186 Å².